The number of aryl methyl sites for hydroxylation is 3. The van der Waals surface area contributed by atoms with Gasteiger partial charge in [0.15, 0.2) is 0 Å². The normalized spacial score (nSPS) is 10.5. The Morgan fingerprint density at radius 2 is 1.81 bits per heavy atom. The van der Waals surface area contributed by atoms with Crippen LogP contribution in [0.3, 0.4) is 0 Å². The zero-order valence-corrected chi connectivity index (χ0v) is 12.9. The first-order valence-electron chi connectivity index (χ1n) is 6.24. The standard InChI is InChI=1S/C14H14ClN3O3/c1-7-6-12(8(2)5-11(7)18(19)20)21-14-9(3)13(15)16-10(4)17-14/h5-6H,1-4H3. The van der Waals surface area contributed by atoms with Crippen molar-refractivity contribution in [3.63, 3.8) is 0 Å². The van der Waals surface area contributed by atoms with Crippen molar-refractivity contribution in [2.45, 2.75) is 27.7 Å². The van der Waals surface area contributed by atoms with Gasteiger partial charge < -0.3 is 4.74 Å². The van der Waals surface area contributed by atoms with Gasteiger partial charge in [-0.3, -0.25) is 10.1 Å². The van der Waals surface area contributed by atoms with Gasteiger partial charge in [0, 0.05) is 17.2 Å². The van der Waals surface area contributed by atoms with Gasteiger partial charge in [0.25, 0.3) is 5.69 Å². The third kappa shape index (κ3) is 3.11. The van der Waals surface area contributed by atoms with Crippen LogP contribution in [0.1, 0.15) is 22.5 Å². The molecular weight excluding hydrogens is 294 g/mol. The minimum atomic E-state index is -0.414. The maximum atomic E-state index is 10.9. The monoisotopic (exact) mass is 307 g/mol. The predicted molar refractivity (Wildman–Crippen MR) is 79.2 cm³/mol. The number of nitro groups is 1. The number of nitro benzene ring substituents is 1. The van der Waals surface area contributed by atoms with Gasteiger partial charge in [0.05, 0.1) is 4.92 Å². The predicted octanol–water partition coefficient (Wildman–Crippen LogP) is 4.06. The Morgan fingerprint density at radius 1 is 1.14 bits per heavy atom. The summed E-state index contributed by atoms with van der Waals surface area (Å²) in [4.78, 5) is 18.7. The molecule has 0 unspecified atom stereocenters. The van der Waals surface area contributed by atoms with Crippen LogP contribution in [0.25, 0.3) is 0 Å². The molecule has 0 bridgehead atoms. The number of benzene rings is 1. The number of ether oxygens (including phenoxy) is 1. The second-order valence-electron chi connectivity index (χ2n) is 4.76. The first-order valence-corrected chi connectivity index (χ1v) is 6.61. The lowest BCUT2D eigenvalue weighted by Crippen LogP contribution is -2.00. The van der Waals surface area contributed by atoms with Gasteiger partial charge in [-0.1, -0.05) is 11.6 Å². The molecule has 6 nitrogen and oxygen atoms in total. The molecule has 0 atom stereocenters. The number of hydrogen-bond donors (Lipinski definition) is 0. The maximum absolute atomic E-state index is 10.9. The van der Waals surface area contributed by atoms with Crippen molar-refractivity contribution in [1.29, 1.82) is 0 Å². The van der Waals surface area contributed by atoms with E-state index in [0.717, 1.165) is 0 Å². The van der Waals surface area contributed by atoms with Gasteiger partial charge in [-0.05, 0) is 39.3 Å². The van der Waals surface area contributed by atoms with Crippen LogP contribution >= 0.6 is 11.6 Å². The number of hydrogen-bond acceptors (Lipinski definition) is 5. The average molecular weight is 308 g/mol. The van der Waals surface area contributed by atoms with Gasteiger partial charge in [0.1, 0.15) is 16.7 Å². The molecule has 1 heterocycles. The number of aromatic nitrogens is 2. The fraction of sp³-hybridized carbons (Fsp3) is 0.286. The van der Waals surface area contributed by atoms with E-state index >= 15 is 0 Å². The molecule has 0 radical (unpaired) electrons. The van der Waals surface area contributed by atoms with E-state index in [1.165, 1.54) is 6.07 Å². The van der Waals surface area contributed by atoms with E-state index in [2.05, 4.69) is 9.97 Å². The summed E-state index contributed by atoms with van der Waals surface area (Å²) >= 11 is 6.00. The van der Waals surface area contributed by atoms with Gasteiger partial charge in [-0.25, -0.2) is 4.98 Å². The van der Waals surface area contributed by atoms with E-state index in [1.54, 1.807) is 33.8 Å². The van der Waals surface area contributed by atoms with Crippen molar-refractivity contribution in [2.75, 3.05) is 0 Å². The van der Waals surface area contributed by atoms with Crippen molar-refractivity contribution in [3.8, 4) is 11.6 Å². The van der Waals surface area contributed by atoms with E-state index < -0.39 is 4.92 Å². The molecule has 1 aromatic heterocycles. The van der Waals surface area contributed by atoms with E-state index in [9.17, 15) is 10.1 Å². The Bertz CT molecular complexity index is 732. The Balaban J connectivity index is 2.46. The van der Waals surface area contributed by atoms with E-state index in [-0.39, 0.29) is 5.69 Å². The molecule has 7 heteroatoms. The average Bonchev–Trinajstić information content (AvgIpc) is 2.38. The minimum Gasteiger partial charge on any atom is -0.438 e. The molecule has 0 saturated heterocycles. The Morgan fingerprint density at radius 3 is 2.43 bits per heavy atom. The van der Waals surface area contributed by atoms with Crippen molar-refractivity contribution in [1.82, 2.24) is 9.97 Å². The number of nitrogens with zero attached hydrogens (tertiary/aromatic N) is 3. The third-order valence-corrected chi connectivity index (χ3v) is 3.42. The molecule has 21 heavy (non-hydrogen) atoms. The van der Waals surface area contributed by atoms with Crippen LogP contribution < -0.4 is 4.74 Å². The van der Waals surface area contributed by atoms with Crippen molar-refractivity contribution < 1.29 is 9.66 Å². The molecule has 0 aliphatic rings. The highest BCUT2D eigenvalue weighted by Gasteiger charge is 2.16. The Labute approximate surface area is 126 Å². The lowest BCUT2D eigenvalue weighted by Gasteiger charge is -2.12. The summed E-state index contributed by atoms with van der Waals surface area (Å²) in [6, 6.07) is 3.11. The van der Waals surface area contributed by atoms with Gasteiger partial charge in [0.2, 0.25) is 5.88 Å². The quantitative estimate of drug-likeness (QED) is 0.485. The minimum absolute atomic E-state index is 0.0634. The molecule has 0 saturated carbocycles. The SMILES string of the molecule is Cc1nc(Cl)c(C)c(Oc2cc(C)c([N+](=O)[O-])cc2C)n1. The van der Waals surface area contributed by atoms with Crippen molar-refractivity contribution in [3.05, 3.63) is 49.9 Å². The number of halogens is 1. The molecule has 0 amide bonds. The molecule has 2 rings (SSSR count). The first-order chi connectivity index (χ1) is 9.79. The van der Waals surface area contributed by atoms with Crippen molar-refractivity contribution >= 4 is 17.3 Å². The fourth-order valence-electron chi connectivity index (χ4n) is 1.85. The summed E-state index contributed by atoms with van der Waals surface area (Å²) in [5, 5.41) is 11.2. The molecule has 0 spiro atoms. The Hall–Kier alpha value is -2.21. The van der Waals surface area contributed by atoms with E-state index in [1.807, 2.05) is 0 Å². The summed E-state index contributed by atoms with van der Waals surface area (Å²) in [6.45, 7) is 6.87. The number of rotatable bonds is 3. The third-order valence-electron chi connectivity index (χ3n) is 3.05. The van der Waals surface area contributed by atoms with Crippen LogP contribution in [0.15, 0.2) is 12.1 Å². The second kappa shape index (κ2) is 5.65. The van der Waals surface area contributed by atoms with Crippen LogP contribution in [-0.4, -0.2) is 14.9 Å². The molecule has 2 aromatic rings. The summed E-state index contributed by atoms with van der Waals surface area (Å²) in [5.74, 6) is 1.36. The van der Waals surface area contributed by atoms with E-state index in [0.29, 0.717) is 39.3 Å². The lowest BCUT2D eigenvalue weighted by molar-refractivity contribution is -0.385. The fourth-order valence-corrected chi connectivity index (χ4v) is 2.06. The molecule has 0 aliphatic carbocycles. The van der Waals surface area contributed by atoms with Gasteiger partial charge in [-0.15, -0.1) is 0 Å². The molecule has 0 aliphatic heterocycles. The molecular formula is C14H14ClN3O3. The first kappa shape index (κ1) is 15.2. The van der Waals surface area contributed by atoms with Crippen molar-refractivity contribution in [2.24, 2.45) is 0 Å². The lowest BCUT2D eigenvalue weighted by atomic mass is 10.1. The van der Waals surface area contributed by atoms with Crippen LogP contribution in [0, 0.1) is 37.8 Å². The molecule has 1 aromatic carbocycles. The summed E-state index contributed by atoms with van der Waals surface area (Å²) in [6.07, 6.45) is 0. The summed E-state index contributed by atoms with van der Waals surface area (Å²) in [7, 11) is 0. The highest BCUT2D eigenvalue weighted by Crippen LogP contribution is 2.32. The molecule has 0 N–H and O–H groups in total. The maximum Gasteiger partial charge on any atom is 0.272 e. The summed E-state index contributed by atoms with van der Waals surface area (Å²) < 4.78 is 5.76. The zero-order chi connectivity index (χ0) is 15.7. The van der Waals surface area contributed by atoms with Crippen LogP contribution in [0.5, 0.6) is 11.6 Å². The molecule has 110 valence electrons. The highest BCUT2D eigenvalue weighted by atomic mass is 35.5. The Kier molecular flexibility index (Phi) is 4.09. The zero-order valence-electron chi connectivity index (χ0n) is 12.1. The van der Waals surface area contributed by atoms with E-state index in [4.69, 9.17) is 16.3 Å². The van der Waals surface area contributed by atoms with Gasteiger partial charge >= 0.3 is 0 Å². The smallest absolute Gasteiger partial charge is 0.272 e. The largest absolute Gasteiger partial charge is 0.438 e. The summed E-state index contributed by atoms with van der Waals surface area (Å²) in [5.41, 5.74) is 1.86. The second-order valence-corrected chi connectivity index (χ2v) is 5.11. The van der Waals surface area contributed by atoms with Crippen LogP contribution in [-0.2, 0) is 0 Å². The molecule has 0 fully saturated rings. The van der Waals surface area contributed by atoms with Crippen LogP contribution in [0.2, 0.25) is 5.15 Å². The topological polar surface area (TPSA) is 78.2 Å². The highest BCUT2D eigenvalue weighted by molar-refractivity contribution is 6.30. The van der Waals surface area contributed by atoms with Gasteiger partial charge in [-0.2, -0.15) is 4.98 Å². The van der Waals surface area contributed by atoms with Crippen LogP contribution in [0.4, 0.5) is 5.69 Å².